The summed E-state index contributed by atoms with van der Waals surface area (Å²) in [5.41, 5.74) is 0. The van der Waals surface area contributed by atoms with Crippen molar-refractivity contribution in [3.63, 3.8) is 0 Å². The first-order valence-corrected chi connectivity index (χ1v) is 8.63. The first kappa shape index (κ1) is 17.0. The summed E-state index contributed by atoms with van der Waals surface area (Å²) in [4.78, 5) is 22.1. The second-order valence-electron chi connectivity index (χ2n) is 6.83. The number of ketones is 2. The maximum atomic E-state index is 11.2. The van der Waals surface area contributed by atoms with Crippen LogP contribution in [0, 0.1) is 5.92 Å². The fraction of sp³-hybridized carbons (Fsp3) is 0.882. The number of carbonyl (C=O) groups excluding carboxylic acids is 2. The number of rotatable bonds is 0. The Labute approximate surface area is 136 Å². The van der Waals surface area contributed by atoms with Gasteiger partial charge in [-0.2, -0.15) is 0 Å². The zero-order chi connectivity index (χ0) is 16.3. The quantitative estimate of drug-likeness (QED) is 0.678. The van der Waals surface area contributed by atoms with Crippen molar-refractivity contribution < 1.29 is 28.5 Å². The molecule has 0 aromatic heterocycles. The van der Waals surface area contributed by atoms with Crippen molar-refractivity contribution in [1.29, 1.82) is 0 Å². The molecule has 2 spiro atoms. The van der Waals surface area contributed by atoms with E-state index >= 15 is 0 Å². The molecule has 4 fully saturated rings. The Balaban J connectivity index is 0.000000136. The number of ether oxygens (including phenoxy) is 4. The molecule has 2 heterocycles. The highest BCUT2D eigenvalue weighted by Crippen LogP contribution is 2.36. The fourth-order valence-electron chi connectivity index (χ4n) is 3.70. The molecule has 4 aliphatic rings. The molecule has 0 radical (unpaired) electrons. The highest BCUT2D eigenvalue weighted by atomic mass is 16.7. The third kappa shape index (κ3) is 3.99. The highest BCUT2D eigenvalue weighted by molar-refractivity contribution is 5.81. The molecule has 6 nitrogen and oxygen atoms in total. The van der Waals surface area contributed by atoms with Crippen LogP contribution in [-0.2, 0) is 28.5 Å². The van der Waals surface area contributed by atoms with Gasteiger partial charge in [0, 0.05) is 50.9 Å². The lowest BCUT2D eigenvalue weighted by Crippen LogP contribution is -2.39. The van der Waals surface area contributed by atoms with Gasteiger partial charge >= 0.3 is 0 Å². The predicted octanol–water partition coefficient (Wildman–Crippen LogP) is 1.99. The van der Waals surface area contributed by atoms with Crippen LogP contribution in [0.5, 0.6) is 0 Å². The van der Waals surface area contributed by atoms with Crippen LogP contribution in [-0.4, -0.2) is 49.6 Å². The molecule has 1 atom stereocenters. The molecule has 130 valence electrons. The summed E-state index contributed by atoms with van der Waals surface area (Å²) < 4.78 is 22.0. The normalized spacial score (nSPS) is 32.1. The molecule has 2 saturated carbocycles. The van der Waals surface area contributed by atoms with Gasteiger partial charge in [0.05, 0.1) is 26.4 Å². The first-order chi connectivity index (χ1) is 11.0. The topological polar surface area (TPSA) is 71.1 Å². The minimum atomic E-state index is -0.396. The standard InChI is InChI=1S/C9H14O3.C8H12O3/c1-7-6-9(3-2-8(7)10)11-4-5-12-9;9-7-1-3-8(4-2-7)10-5-6-11-8/h7H,2-6H2,1H3;1-6H2. The summed E-state index contributed by atoms with van der Waals surface area (Å²) in [6, 6.07) is 0. The van der Waals surface area contributed by atoms with E-state index in [0.29, 0.717) is 57.3 Å². The third-order valence-electron chi connectivity index (χ3n) is 5.12. The van der Waals surface area contributed by atoms with Gasteiger partial charge in [-0.05, 0) is 0 Å². The average Bonchev–Trinajstić information content (AvgIpc) is 3.18. The summed E-state index contributed by atoms with van der Waals surface area (Å²) in [5, 5.41) is 0. The molecule has 6 heteroatoms. The molecule has 0 N–H and O–H groups in total. The molecule has 1 unspecified atom stereocenters. The van der Waals surface area contributed by atoms with Crippen molar-refractivity contribution in [3.05, 3.63) is 0 Å². The van der Waals surface area contributed by atoms with Crippen LogP contribution < -0.4 is 0 Å². The van der Waals surface area contributed by atoms with Gasteiger partial charge < -0.3 is 18.9 Å². The molecule has 0 aromatic carbocycles. The van der Waals surface area contributed by atoms with Crippen LogP contribution in [0.15, 0.2) is 0 Å². The van der Waals surface area contributed by atoms with Gasteiger partial charge in [-0.15, -0.1) is 0 Å². The lowest BCUT2D eigenvalue weighted by Gasteiger charge is -2.33. The maximum Gasteiger partial charge on any atom is 0.169 e. The van der Waals surface area contributed by atoms with E-state index in [1.807, 2.05) is 6.92 Å². The molecular formula is C17H26O6. The predicted molar refractivity (Wildman–Crippen MR) is 80.8 cm³/mol. The number of Topliss-reactive ketones (excluding diaryl/α,β-unsaturated/α-hetero) is 2. The van der Waals surface area contributed by atoms with Gasteiger partial charge in [0.1, 0.15) is 11.6 Å². The number of carbonyl (C=O) groups is 2. The zero-order valence-corrected chi connectivity index (χ0v) is 13.8. The van der Waals surface area contributed by atoms with Crippen LogP contribution in [0.2, 0.25) is 0 Å². The first-order valence-electron chi connectivity index (χ1n) is 8.63. The SMILES string of the molecule is CC1CC2(CCC1=O)OCCO2.O=C1CCC2(CC1)OCCO2. The van der Waals surface area contributed by atoms with Crippen molar-refractivity contribution in [2.45, 2.75) is 63.4 Å². The van der Waals surface area contributed by atoms with Crippen LogP contribution in [0.1, 0.15) is 51.9 Å². The van der Waals surface area contributed by atoms with E-state index in [4.69, 9.17) is 18.9 Å². The second-order valence-corrected chi connectivity index (χ2v) is 6.83. The summed E-state index contributed by atoms with van der Waals surface area (Å²) in [6.07, 6.45) is 4.86. The van der Waals surface area contributed by atoms with E-state index in [2.05, 4.69) is 0 Å². The van der Waals surface area contributed by atoms with Crippen molar-refractivity contribution in [2.24, 2.45) is 5.92 Å². The summed E-state index contributed by atoms with van der Waals surface area (Å²) in [6.45, 7) is 4.69. The van der Waals surface area contributed by atoms with Crippen LogP contribution in [0.25, 0.3) is 0 Å². The fourth-order valence-corrected chi connectivity index (χ4v) is 3.70. The molecule has 0 amide bonds. The van der Waals surface area contributed by atoms with Crippen molar-refractivity contribution >= 4 is 11.6 Å². The van der Waals surface area contributed by atoms with E-state index in [1.54, 1.807) is 0 Å². The third-order valence-corrected chi connectivity index (χ3v) is 5.12. The van der Waals surface area contributed by atoms with Gasteiger partial charge in [-0.25, -0.2) is 0 Å². The molecule has 0 aromatic rings. The van der Waals surface area contributed by atoms with E-state index in [1.165, 1.54) is 0 Å². The monoisotopic (exact) mass is 326 g/mol. The van der Waals surface area contributed by atoms with Crippen molar-refractivity contribution in [1.82, 2.24) is 0 Å². The Morgan fingerprint density at radius 1 is 0.783 bits per heavy atom. The van der Waals surface area contributed by atoms with E-state index in [0.717, 1.165) is 25.7 Å². The lowest BCUT2D eigenvalue weighted by atomic mass is 9.85. The molecule has 23 heavy (non-hydrogen) atoms. The zero-order valence-electron chi connectivity index (χ0n) is 13.8. The summed E-state index contributed by atoms with van der Waals surface area (Å²) in [5.74, 6) is 0.0348. The highest BCUT2D eigenvalue weighted by Gasteiger charge is 2.43. The Hall–Kier alpha value is -0.820. The van der Waals surface area contributed by atoms with E-state index in [9.17, 15) is 9.59 Å². The minimum absolute atomic E-state index is 0.108. The Bertz CT molecular complexity index is 436. The van der Waals surface area contributed by atoms with Crippen LogP contribution >= 0.6 is 0 Å². The van der Waals surface area contributed by atoms with Crippen LogP contribution in [0.3, 0.4) is 0 Å². The second kappa shape index (κ2) is 6.97. The molecule has 2 saturated heterocycles. The maximum absolute atomic E-state index is 11.2. The van der Waals surface area contributed by atoms with Gasteiger partial charge in [-0.1, -0.05) is 6.92 Å². The van der Waals surface area contributed by atoms with Crippen molar-refractivity contribution in [3.8, 4) is 0 Å². The van der Waals surface area contributed by atoms with Gasteiger partial charge in [0.15, 0.2) is 11.6 Å². The lowest BCUT2D eigenvalue weighted by molar-refractivity contribution is -0.187. The summed E-state index contributed by atoms with van der Waals surface area (Å²) in [7, 11) is 0. The molecule has 2 aliphatic heterocycles. The van der Waals surface area contributed by atoms with Crippen LogP contribution in [0.4, 0.5) is 0 Å². The Kier molecular flexibility index (Phi) is 5.16. The van der Waals surface area contributed by atoms with E-state index in [-0.39, 0.29) is 11.7 Å². The largest absolute Gasteiger partial charge is 0.348 e. The number of hydrogen-bond acceptors (Lipinski definition) is 6. The minimum Gasteiger partial charge on any atom is -0.348 e. The summed E-state index contributed by atoms with van der Waals surface area (Å²) >= 11 is 0. The molecule has 4 rings (SSSR count). The number of hydrogen-bond donors (Lipinski definition) is 0. The van der Waals surface area contributed by atoms with Gasteiger partial charge in [0.25, 0.3) is 0 Å². The van der Waals surface area contributed by atoms with Crippen molar-refractivity contribution in [2.75, 3.05) is 26.4 Å². The Morgan fingerprint density at radius 3 is 1.78 bits per heavy atom. The molecular weight excluding hydrogens is 300 g/mol. The van der Waals surface area contributed by atoms with Gasteiger partial charge in [0.2, 0.25) is 0 Å². The van der Waals surface area contributed by atoms with Gasteiger partial charge in [-0.3, -0.25) is 9.59 Å². The molecule has 2 aliphatic carbocycles. The average molecular weight is 326 g/mol. The molecule has 0 bridgehead atoms. The Morgan fingerprint density at radius 2 is 1.26 bits per heavy atom. The smallest absolute Gasteiger partial charge is 0.169 e. The van der Waals surface area contributed by atoms with E-state index < -0.39 is 5.79 Å².